The van der Waals surface area contributed by atoms with Crippen molar-refractivity contribution < 1.29 is 19.1 Å². The van der Waals surface area contributed by atoms with Gasteiger partial charge in [-0.3, -0.25) is 9.59 Å². The highest BCUT2D eigenvalue weighted by atomic mass is 19.1. The topological polar surface area (TPSA) is 57.6 Å². The molecule has 1 aromatic rings. The number of carboxylic acid groups (broad SMARTS) is 1. The number of piperidine rings is 1. The van der Waals surface area contributed by atoms with E-state index in [1.165, 1.54) is 12.1 Å². The number of carbonyl (C=O) groups excluding carboxylic acids is 1. The SMILES string of the molecule is Cc1ccc(C(=O)N2CCCCC2CCC(=O)O)c(F)c1. The molecule has 0 aliphatic carbocycles. The molecule has 1 aliphatic rings. The van der Waals surface area contributed by atoms with Crippen LogP contribution in [-0.4, -0.2) is 34.5 Å². The number of likely N-dealkylation sites (tertiary alicyclic amines) is 1. The van der Waals surface area contributed by atoms with Gasteiger partial charge in [-0.05, 0) is 50.3 Å². The van der Waals surface area contributed by atoms with Crippen molar-refractivity contribution >= 4 is 11.9 Å². The quantitative estimate of drug-likeness (QED) is 0.928. The zero-order valence-electron chi connectivity index (χ0n) is 12.1. The van der Waals surface area contributed by atoms with E-state index in [1.54, 1.807) is 17.9 Å². The predicted molar refractivity (Wildman–Crippen MR) is 76.7 cm³/mol. The van der Waals surface area contributed by atoms with E-state index >= 15 is 0 Å². The summed E-state index contributed by atoms with van der Waals surface area (Å²) < 4.78 is 14.0. The van der Waals surface area contributed by atoms with Gasteiger partial charge in [0.1, 0.15) is 5.82 Å². The monoisotopic (exact) mass is 293 g/mol. The minimum absolute atomic E-state index is 0.0326. The molecular formula is C16H20FNO3. The first kappa shape index (κ1) is 15.5. The van der Waals surface area contributed by atoms with Gasteiger partial charge in [0.15, 0.2) is 0 Å². The molecule has 0 saturated carbocycles. The van der Waals surface area contributed by atoms with E-state index in [-0.39, 0.29) is 23.9 Å². The Morgan fingerprint density at radius 3 is 2.81 bits per heavy atom. The van der Waals surface area contributed by atoms with Gasteiger partial charge >= 0.3 is 5.97 Å². The third-order valence-electron chi connectivity index (χ3n) is 3.93. The molecule has 1 heterocycles. The Kier molecular flexibility index (Phi) is 4.94. The summed E-state index contributed by atoms with van der Waals surface area (Å²) >= 11 is 0. The summed E-state index contributed by atoms with van der Waals surface area (Å²) in [6, 6.07) is 4.47. The number of rotatable bonds is 4. The molecule has 1 aromatic carbocycles. The lowest BCUT2D eigenvalue weighted by Crippen LogP contribution is -2.44. The second-order valence-electron chi connectivity index (χ2n) is 5.56. The molecule has 1 unspecified atom stereocenters. The van der Waals surface area contributed by atoms with Crippen LogP contribution in [0.2, 0.25) is 0 Å². The second kappa shape index (κ2) is 6.70. The Balaban J connectivity index is 2.16. The van der Waals surface area contributed by atoms with E-state index in [2.05, 4.69) is 0 Å². The standard InChI is InChI=1S/C16H20FNO3/c1-11-5-7-13(14(17)10-11)16(21)18-9-3-2-4-12(18)6-8-15(19)20/h5,7,10,12H,2-4,6,8-9H2,1H3,(H,19,20). The van der Waals surface area contributed by atoms with Crippen LogP contribution in [0, 0.1) is 12.7 Å². The fraction of sp³-hybridized carbons (Fsp3) is 0.500. The summed E-state index contributed by atoms with van der Waals surface area (Å²) in [6.45, 7) is 2.34. The molecule has 1 atom stereocenters. The van der Waals surface area contributed by atoms with E-state index in [4.69, 9.17) is 5.11 Å². The Morgan fingerprint density at radius 2 is 2.14 bits per heavy atom. The maximum absolute atomic E-state index is 14.0. The number of benzene rings is 1. The van der Waals surface area contributed by atoms with Gasteiger partial charge in [0, 0.05) is 19.0 Å². The largest absolute Gasteiger partial charge is 0.481 e. The normalized spacial score (nSPS) is 18.6. The maximum Gasteiger partial charge on any atom is 0.303 e. The average Bonchev–Trinajstić information content (AvgIpc) is 2.45. The second-order valence-corrected chi connectivity index (χ2v) is 5.56. The van der Waals surface area contributed by atoms with Crippen molar-refractivity contribution in [1.29, 1.82) is 0 Å². The van der Waals surface area contributed by atoms with Crippen LogP contribution in [0.5, 0.6) is 0 Å². The first-order chi connectivity index (χ1) is 9.99. The van der Waals surface area contributed by atoms with Crippen LogP contribution in [0.25, 0.3) is 0 Å². The van der Waals surface area contributed by atoms with E-state index in [1.807, 2.05) is 0 Å². The number of halogens is 1. The molecule has 0 spiro atoms. The van der Waals surface area contributed by atoms with Gasteiger partial charge in [0.2, 0.25) is 0 Å². The highest BCUT2D eigenvalue weighted by Crippen LogP contribution is 2.24. The number of hydrogen-bond acceptors (Lipinski definition) is 2. The Bertz CT molecular complexity index is 544. The fourth-order valence-electron chi connectivity index (χ4n) is 2.81. The number of hydrogen-bond donors (Lipinski definition) is 1. The molecule has 0 radical (unpaired) electrons. The summed E-state index contributed by atoms with van der Waals surface area (Å²) in [5.41, 5.74) is 0.841. The van der Waals surface area contributed by atoms with E-state index < -0.39 is 11.8 Å². The summed E-state index contributed by atoms with van der Waals surface area (Å²) in [6.07, 6.45) is 3.10. The molecule has 1 amide bonds. The molecule has 114 valence electrons. The summed E-state index contributed by atoms with van der Waals surface area (Å²) in [4.78, 5) is 24.9. The molecule has 21 heavy (non-hydrogen) atoms. The van der Waals surface area contributed by atoms with Crippen molar-refractivity contribution in [2.24, 2.45) is 0 Å². The molecular weight excluding hydrogens is 273 g/mol. The molecule has 0 aromatic heterocycles. The van der Waals surface area contributed by atoms with Gasteiger partial charge in [-0.25, -0.2) is 4.39 Å². The van der Waals surface area contributed by atoms with Crippen LogP contribution in [0.1, 0.15) is 48.0 Å². The molecule has 0 bridgehead atoms. The number of amides is 1. The average molecular weight is 293 g/mol. The third-order valence-corrected chi connectivity index (χ3v) is 3.93. The number of aliphatic carboxylic acids is 1. The number of nitrogens with zero attached hydrogens (tertiary/aromatic N) is 1. The zero-order valence-corrected chi connectivity index (χ0v) is 12.1. The molecule has 1 aliphatic heterocycles. The molecule has 1 N–H and O–H groups in total. The fourth-order valence-corrected chi connectivity index (χ4v) is 2.81. The van der Waals surface area contributed by atoms with Crippen molar-refractivity contribution in [3.05, 3.63) is 35.1 Å². The Labute approximate surface area is 123 Å². The Morgan fingerprint density at radius 1 is 1.38 bits per heavy atom. The van der Waals surface area contributed by atoms with E-state index in [0.717, 1.165) is 24.8 Å². The molecule has 5 heteroatoms. The Hall–Kier alpha value is -1.91. The highest BCUT2D eigenvalue weighted by molar-refractivity contribution is 5.94. The smallest absolute Gasteiger partial charge is 0.303 e. The lowest BCUT2D eigenvalue weighted by Gasteiger charge is -2.35. The number of aryl methyl sites for hydroxylation is 1. The molecule has 1 saturated heterocycles. The zero-order chi connectivity index (χ0) is 15.4. The van der Waals surface area contributed by atoms with Crippen LogP contribution in [0.15, 0.2) is 18.2 Å². The molecule has 1 fully saturated rings. The van der Waals surface area contributed by atoms with Crippen LogP contribution in [0.3, 0.4) is 0 Å². The number of carbonyl (C=O) groups is 2. The van der Waals surface area contributed by atoms with Crippen molar-refractivity contribution in [1.82, 2.24) is 4.90 Å². The molecule has 2 rings (SSSR count). The van der Waals surface area contributed by atoms with Gasteiger partial charge in [0.25, 0.3) is 5.91 Å². The van der Waals surface area contributed by atoms with Crippen LogP contribution in [-0.2, 0) is 4.79 Å². The molecule has 4 nitrogen and oxygen atoms in total. The lowest BCUT2D eigenvalue weighted by atomic mass is 9.96. The van der Waals surface area contributed by atoms with Crippen molar-refractivity contribution in [2.75, 3.05) is 6.54 Å². The van der Waals surface area contributed by atoms with Gasteiger partial charge in [-0.1, -0.05) is 6.07 Å². The van der Waals surface area contributed by atoms with Crippen molar-refractivity contribution in [3.8, 4) is 0 Å². The lowest BCUT2D eigenvalue weighted by molar-refractivity contribution is -0.137. The maximum atomic E-state index is 14.0. The first-order valence-corrected chi connectivity index (χ1v) is 7.28. The van der Waals surface area contributed by atoms with Gasteiger partial charge in [0.05, 0.1) is 5.56 Å². The van der Waals surface area contributed by atoms with E-state index in [9.17, 15) is 14.0 Å². The van der Waals surface area contributed by atoms with Crippen LogP contribution in [0.4, 0.5) is 4.39 Å². The summed E-state index contributed by atoms with van der Waals surface area (Å²) in [5, 5.41) is 8.80. The van der Waals surface area contributed by atoms with Gasteiger partial charge < -0.3 is 10.0 Å². The van der Waals surface area contributed by atoms with Crippen LogP contribution < -0.4 is 0 Å². The third kappa shape index (κ3) is 3.80. The van der Waals surface area contributed by atoms with Crippen molar-refractivity contribution in [3.63, 3.8) is 0 Å². The summed E-state index contributed by atoms with van der Waals surface area (Å²) in [7, 11) is 0. The van der Waals surface area contributed by atoms with Crippen molar-refractivity contribution in [2.45, 2.75) is 45.1 Å². The van der Waals surface area contributed by atoms with Gasteiger partial charge in [-0.15, -0.1) is 0 Å². The van der Waals surface area contributed by atoms with Crippen LogP contribution >= 0.6 is 0 Å². The van der Waals surface area contributed by atoms with E-state index in [0.29, 0.717) is 13.0 Å². The van der Waals surface area contributed by atoms with Gasteiger partial charge in [-0.2, -0.15) is 0 Å². The highest BCUT2D eigenvalue weighted by Gasteiger charge is 2.29. The first-order valence-electron chi connectivity index (χ1n) is 7.28. The summed E-state index contributed by atoms with van der Waals surface area (Å²) in [5.74, 6) is -1.71. The minimum atomic E-state index is -0.866. The predicted octanol–water partition coefficient (Wildman–Crippen LogP) is 2.99. The number of carboxylic acids is 1. The minimum Gasteiger partial charge on any atom is -0.481 e.